The van der Waals surface area contributed by atoms with Gasteiger partial charge in [-0.1, -0.05) is 12.1 Å². The maximum atomic E-state index is 5.50. The summed E-state index contributed by atoms with van der Waals surface area (Å²) in [4.78, 5) is 8.07. The average Bonchev–Trinajstić information content (AvgIpc) is 3.17. The zero-order valence-electron chi connectivity index (χ0n) is 16.0. The molecule has 1 fully saturated rings. The minimum atomic E-state index is 0.741. The van der Waals surface area contributed by atoms with Crippen LogP contribution in [0.25, 0.3) is 0 Å². The molecular formula is C20H27N3O3S. The van der Waals surface area contributed by atoms with Gasteiger partial charge in [-0.2, -0.15) is 0 Å². The van der Waals surface area contributed by atoms with Gasteiger partial charge in [0.1, 0.15) is 0 Å². The lowest BCUT2D eigenvalue weighted by atomic mass is 10.1. The molecule has 0 aliphatic carbocycles. The number of allylic oxidation sites excluding steroid dienone is 1. The van der Waals surface area contributed by atoms with Gasteiger partial charge in [0, 0.05) is 42.8 Å². The van der Waals surface area contributed by atoms with E-state index in [1.165, 1.54) is 4.88 Å². The fourth-order valence-corrected chi connectivity index (χ4v) is 4.06. The number of benzene rings is 1. The van der Waals surface area contributed by atoms with Crippen LogP contribution in [-0.4, -0.2) is 45.5 Å². The van der Waals surface area contributed by atoms with Crippen molar-refractivity contribution in [2.75, 3.05) is 45.4 Å². The summed E-state index contributed by atoms with van der Waals surface area (Å²) in [6.45, 7) is 8.74. The SMILES string of the molecule is C=CCc1cc(CNCc2cnc(N3CCOCC3)s2)cc(OC)c1OC. The minimum absolute atomic E-state index is 0.741. The van der Waals surface area contributed by atoms with Crippen molar-refractivity contribution in [3.8, 4) is 11.5 Å². The Labute approximate surface area is 164 Å². The highest BCUT2D eigenvalue weighted by Crippen LogP contribution is 2.33. The molecule has 0 saturated carbocycles. The number of morpholine rings is 1. The van der Waals surface area contributed by atoms with Crippen LogP contribution in [0.3, 0.4) is 0 Å². The second-order valence-corrected chi connectivity index (χ2v) is 7.39. The van der Waals surface area contributed by atoms with Gasteiger partial charge < -0.3 is 24.4 Å². The van der Waals surface area contributed by atoms with Crippen LogP contribution in [0.5, 0.6) is 11.5 Å². The van der Waals surface area contributed by atoms with E-state index in [4.69, 9.17) is 14.2 Å². The van der Waals surface area contributed by atoms with Gasteiger partial charge in [-0.05, 0) is 18.1 Å². The van der Waals surface area contributed by atoms with Gasteiger partial charge >= 0.3 is 0 Å². The molecular weight excluding hydrogens is 362 g/mol. The summed E-state index contributed by atoms with van der Waals surface area (Å²) < 4.78 is 16.4. The quantitative estimate of drug-likeness (QED) is 0.666. The molecule has 0 unspecified atom stereocenters. The van der Waals surface area contributed by atoms with Gasteiger partial charge in [-0.3, -0.25) is 0 Å². The number of nitrogens with zero attached hydrogens (tertiary/aromatic N) is 2. The topological polar surface area (TPSA) is 55.9 Å². The fraction of sp³-hybridized carbons (Fsp3) is 0.450. The van der Waals surface area contributed by atoms with E-state index in [1.807, 2.05) is 18.3 Å². The molecule has 1 aromatic carbocycles. The van der Waals surface area contributed by atoms with E-state index in [-0.39, 0.29) is 0 Å². The van der Waals surface area contributed by atoms with Gasteiger partial charge in [0.2, 0.25) is 0 Å². The number of nitrogens with one attached hydrogen (secondary N) is 1. The summed E-state index contributed by atoms with van der Waals surface area (Å²) in [6.07, 6.45) is 4.57. The average molecular weight is 390 g/mol. The first-order valence-electron chi connectivity index (χ1n) is 9.08. The van der Waals surface area contributed by atoms with E-state index < -0.39 is 0 Å². The third kappa shape index (κ3) is 5.00. The predicted molar refractivity (Wildman–Crippen MR) is 109 cm³/mol. The zero-order valence-corrected chi connectivity index (χ0v) is 16.8. The van der Waals surface area contributed by atoms with Crippen molar-refractivity contribution in [1.82, 2.24) is 10.3 Å². The molecule has 1 aliphatic heterocycles. The molecule has 7 heteroatoms. The Balaban J connectivity index is 1.60. The summed E-state index contributed by atoms with van der Waals surface area (Å²) in [7, 11) is 3.33. The first-order valence-corrected chi connectivity index (χ1v) is 9.89. The van der Waals surface area contributed by atoms with Crippen LogP contribution in [-0.2, 0) is 24.2 Å². The van der Waals surface area contributed by atoms with Crippen molar-refractivity contribution in [2.24, 2.45) is 0 Å². The van der Waals surface area contributed by atoms with Crippen LogP contribution in [0.4, 0.5) is 5.13 Å². The number of thiazole rings is 1. The standard InChI is InChI=1S/C20H27N3O3S/c1-4-5-16-10-15(11-18(24-2)19(16)25-3)12-21-13-17-14-22-20(27-17)23-6-8-26-9-7-23/h4,10-11,14,21H,1,5-9,12-13H2,2-3H3. The Kier molecular flexibility index (Phi) is 7.09. The van der Waals surface area contributed by atoms with E-state index >= 15 is 0 Å². The van der Waals surface area contributed by atoms with E-state index in [2.05, 4.69) is 27.8 Å². The molecule has 0 spiro atoms. The highest BCUT2D eigenvalue weighted by Gasteiger charge is 2.15. The Bertz CT molecular complexity index is 757. The highest BCUT2D eigenvalue weighted by atomic mass is 32.1. The van der Waals surface area contributed by atoms with Crippen molar-refractivity contribution >= 4 is 16.5 Å². The Morgan fingerprint density at radius 1 is 1.26 bits per heavy atom. The fourth-order valence-electron chi connectivity index (χ4n) is 3.13. The summed E-state index contributed by atoms with van der Waals surface area (Å²) in [5, 5.41) is 4.58. The number of hydrogen-bond acceptors (Lipinski definition) is 7. The second-order valence-electron chi connectivity index (χ2n) is 6.30. The van der Waals surface area contributed by atoms with Crippen molar-refractivity contribution < 1.29 is 14.2 Å². The van der Waals surface area contributed by atoms with Crippen molar-refractivity contribution in [3.63, 3.8) is 0 Å². The molecule has 6 nitrogen and oxygen atoms in total. The smallest absolute Gasteiger partial charge is 0.185 e. The first-order chi connectivity index (χ1) is 13.2. The molecule has 0 radical (unpaired) electrons. The third-order valence-electron chi connectivity index (χ3n) is 4.43. The largest absolute Gasteiger partial charge is 0.493 e. The summed E-state index contributed by atoms with van der Waals surface area (Å²) in [6, 6.07) is 4.16. The molecule has 0 bridgehead atoms. The summed E-state index contributed by atoms with van der Waals surface area (Å²) in [5.74, 6) is 1.53. The lowest BCUT2D eigenvalue weighted by Crippen LogP contribution is -2.36. The normalized spacial score (nSPS) is 14.2. The number of hydrogen-bond donors (Lipinski definition) is 1. The summed E-state index contributed by atoms with van der Waals surface area (Å²) in [5.41, 5.74) is 2.23. The molecule has 1 N–H and O–H groups in total. The van der Waals surface area contributed by atoms with Gasteiger partial charge in [0.15, 0.2) is 16.6 Å². The maximum absolute atomic E-state index is 5.50. The third-order valence-corrected chi connectivity index (χ3v) is 5.49. The molecule has 1 aromatic heterocycles. The van der Waals surface area contributed by atoms with Crippen molar-refractivity contribution in [3.05, 3.63) is 47.0 Å². The van der Waals surface area contributed by atoms with Crippen LogP contribution in [0.15, 0.2) is 31.0 Å². The predicted octanol–water partition coefficient (Wildman–Crippen LogP) is 3.02. The molecule has 3 rings (SSSR count). The number of rotatable bonds is 9. The summed E-state index contributed by atoms with van der Waals surface area (Å²) >= 11 is 1.74. The van der Waals surface area contributed by atoms with E-state index in [0.29, 0.717) is 0 Å². The molecule has 2 aromatic rings. The van der Waals surface area contributed by atoms with Crippen LogP contribution >= 0.6 is 11.3 Å². The molecule has 27 heavy (non-hydrogen) atoms. The molecule has 2 heterocycles. The van der Waals surface area contributed by atoms with E-state index in [9.17, 15) is 0 Å². The van der Waals surface area contributed by atoms with Gasteiger partial charge in [-0.15, -0.1) is 17.9 Å². The Morgan fingerprint density at radius 3 is 2.78 bits per heavy atom. The van der Waals surface area contributed by atoms with Crippen LogP contribution < -0.4 is 19.7 Å². The van der Waals surface area contributed by atoms with Gasteiger partial charge in [0.25, 0.3) is 0 Å². The molecule has 1 saturated heterocycles. The molecule has 0 amide bonds. The second kappa shape index (κ2) is 9.73. The number of ether oxygens (including phenoxy) is 3. The minimum Gasteiger partial charge on any atom is -0.493 e. The number of methoxy groups -OCH3 is 2. The van der Waals surface area contributed by atoms with Crippen LogP contribution in [0, 0.1) is 0 Å². The van der Waals surface area contributed by atoms with E-state index in [0.717, 1.165) is 73.6 Å². The van der Waals surface area contributed by atoms with Gasteiger partial charge in [0.05, 0.1) is 27.4 Å². The monoisotopic (exact) mass is 389 g/mol. The molecule has 146 valence electrons. The highest BCUT2D eigenvalue weighted by molar-refractivity contribution is 7.15. The Morgan fingerprint density at radius 2 is 2.07 bits per heavy atom. The Hall–Kier alpha value is -2.09. The first kappa shape index (κ1) is 19.7. The molecule has 1 aliphatic rings. The van der Waals surface area contributed by atoms with E-state index in [1.54, 1.807) is 25.6 Å². The lowest BCUT2D eigenvalue weighted by molar-refractivity contribution is 0.122. The molecule has 0 atom stereocenters. The maximum Gasteiger partial charge on any atom is 0.185 e. The van der Waals surface area contributed by atoms with Crippen LogP contribution in [0.1, 0.15) is 16.0 Å². The lowest BCUT2D eigenvalue weighted by Gasteiger charge is -2.25. The number of anilines is 1. The van der Waals surface area contributed by atoms with Crippen molar-refractivity contribution in [2.45, 2.75) is 19.5 Å². The van der Waals surface area contributed by atoms with Gasteiger partial charge in [-0.25, -0.2) is 4.98 Å². The number of aromatic nitrogens is 1. The van der Waals surface area contributed by atoms with Crippen molar-refractivity contribution in [1.29, 1.82) is 0 Å². The van der Waals surface area contributed by atoms with Crippen LogP contribution in [0.2, 0.25) is 0 Å². The zero-order chi connectivity index (χ0) is 19.1.